The zero-order chi connectivity index (χ0) is 23.8. The Balaban J connectivity index is 1.88. The van der Waals surface area contributed by atoms with Crippen molar-refractivity contribution in [3.05, 3.63) is 59.1 Å². The van der Waals surface area contributed by atoms with Gasteiger partial charge in [-0.15, -0.1) is 0 Å². The van der Waals surface area contributed by atoms with Gasteiger partial charge in [0.15, 0.2) is 11.5 Å². The van der Waals surface area contributed by atoms with E-state index in [9.17, 15) is 14.7 Å². The van der Waals surface area contributed by atoms with E-state index in [0.717, 1.165) is 6.42 Å². The summed E-state index contributed by atoms with van der Waals surface area (Å²) >= 11 is 6.06. The van der Waals surface area contributed by atoms with E-state index in [-0.39, 0.29) is 31.6 Å². The molecule has 178 valence electrons. The molecule has 0 radical (unpaired) electrons. The van der Waals surface area contributed by atoms with Crippen LogP contribution in [0.25, 0.3) is 0 Å². The van der Waals surface area contributed by atoms with Gasteiger partial charge in [-0.25, -0.2) is 0 Å². The minimum absolute atomic E-state index is 0.0355. The van der Waals surface area contributed by atoms with Gasteiger partial charge in [-0.2, -0.15) is 0 Å². The summed E-state index contributed by atoms with van der Waals surface area (Å²) in [6, 6.07) is 13.1. The van der Waals surface area contributed by atoms with Gasteiger partial charge in [-0.05, 0) is 48.6 Å². The summed E-state index contributed by atoms with van der Waals surface area (Å²) in [6.07, 6.45) is 0.232. The summed E-state index contributed by atoms with van der Waals surface area (Å²) in [7, 11) is 0. The van der Waals surface area contributed by atoms with Crippen molar-refractivity contribution >= 4 is 23.4 Å². The number of rotatable bonds is 10. The lowest BCUT2D eigenvalue weighted by atomic mass is 10.0. The number of hydrogen-bond acceptors (Lipinski definition) is 5. The van der Waals surface area contributed by atoms with Gasteiger partial charge in [-0.1, -0.05) is 49.7 Å². The molecular weight excluding hydrogens is 444 g/mol. The van der Waals surface area contributed by atoms with Crippen LogP contribution in [0.3, 0.4) is 0 Å². The van der Waals surface area contributed by atoms with E-state index in [1.165, 1.54) is 4.90 Å². The van der Waals surface area contributed by atoms with Crippen molar-refractivity contribution in [2.75, 3.05) is 26.3 Å². The SMILES string of the molecule is CC(C)CCNC(=O)[C@H](c1ccc(Cl)cc1)N(CCCO)C(=O)[C@@H]1COc2ccccc2O1. The molecule has 0 saturated carbocycles. The number of ether oxygens (including phenoxy) is 2. The number of nitrogens with one attached hydrogen (secondary N) is 1. The number of carbonyl (C=O) groups is 2. The number of benzene rings is 2. The van der Waals surface area contributed by atoms with Gasteiger partial charge >= 0.3 is 0 Å². The summed E-state index contributed by atoms with van der Waals surface area (Å²) in [6.45, 7) is 4.77. The van der Waals surface area contributed by atoms with Crippen LogP contribution in [0.4, 0.5) is 0 Å². The predicted octanol–water partition coefficient (Wildman–Crippen LogP) is 3.59. The molecule has 0 aliphatic carbocycles. The first-order valence-electron chi connectivity index (χ1n) is 11.2. The van der Waals surface area contributed by atoms with Crippen molar-refractivity contribution in [3.8, 4) is 11.5 Å². The third-order valence-corrected chi connectivity index (χ3v) is 5.64. The number of halogens is 1. The molecule has 2 aromatic carbocycles. The molecule has 0 aromatic heterocycles. The van der Waals surface area contributed by atoms with Crippen LogP contribution in [0.2, 0.25) is 5.02 Å². The van der Waals surface area contributed by atoms with Crippen molar-refractivity contribution in [1.82, 2.24) is 10.2 Å². The standard InChI is InChI=1S/C25H31ClN2O5/c1-17(2)12-13-27-24(30)23(18-8-10-19(26)11-9-18)28(14-5-15-29)25(31)22-16-32-20-6-3-4-7-21(20)33-22/h3-4,6-11,17,22-23,29H,5,12-16H2,1-2H3,(H,27,30)/t22-,23-/m0/s1. The summed E-state index contributed by atoms with van der Waals surface area (Å²) in [5.41, 5.74) is 0.630. The van der Waals surface area contributed by atoms with E-state index in [2.05, 4.69) is 19.2 Å². The zero-order valence-corrected chi connectivity index (χ0v) is 19.8. The van der Waals surface area contributed by atoms with Crippen LogP contribution in [0.1, 0.15) is 38.3 Å². The third kappa shape index (κ3) is 6.62. The van der Waals surface area contributed by atoms with Gasteiger partial charge in [0, 0.05) is 24.7 Å². The molecule has 1 heterocycles. The van der Waals surface area contributed by atoms with Gasteiger partial charge < -0.3 is 24.8 Å². The number of fused-ring (bicyclic) bond motifs is 1. The highest BCUT2D eigenvalue weighted by atomic mass is 35.5. The smallest absolute Gasteiger partial charge is 0.268 e. The van der Waals surface area contributed by atoms with Gasteiger partial charge in [0.25, 0.3) is 5.91 Å². The Morgan fingerprint density at radius 2 is 1.85 bits per heavy atom. The number of carbonyl (C=O) groups excluding carboxylic acids is 2. The van der Waals surface area contributed by atoms with Crippen molar-refractivity contribution in [2.24, 2.45) is 5.92 Å². The lowest BCUT2D eigenvalue weighted by molar-refractivity contribution is -0.148. The normalized spacial score (nSPS) is 15.7. The Labute approximate surface area is 199 Å². The number of para-hydroxylation sites is 2. The number of hydrogen-bond donors (Lipinski definition) is 2. The largest absolute Gasteiger partial charge is 0.485 e. The molecule has 2 amide bonds. The first kappa shape index (κ1) is 24.9. The van der Waals surface area contributed by atoms with Crippen LogP contribution >= 0.6 is 11.6 Å². The average molecular weight is 475 g/mol. The van der Waals surface area contributed by atoms with E-state index in [4.69, 9.17) is 21.1 Å². The molecule has 7 nitrogen and oxygen atoms in total. The maximum atomic E-state index is 13.6. The van der Waals surface area contributed by atoms with Crippen LogP contribution in [0.5, 0.6) is 11.5 Å². The monoisotopic (exact) mass is 474 g/mol. The molecule has 0 bridgehead atoms. The Kier molecular flexibility index (Phi) is 8.97. The predicted molar refractivity (Wildman–Crippen MR) is 126 cm³/mol. The summed E-state index contributed by atoms with van der Waals surface area (Å²) in [4.78, 5) is 28.4. The minimum Gasteiger partial charge on any atom is -0.485 e. The van der Waals surface area contributed by atoms with Crippen LogP contribution < -0.4 is 14.8 Å². The van der Waals surface area contributed by atoms with E-state index >= 15 is 0 Å². The second-order valence-electron chi connectivity index (χ2n) is 8.40. The van der Waals surface area contributed by atoms with Crippen LogP contribution in [0, 0.1) is 5.92 Å². The van der Waals surface area contributed by atoms with E-state index in [1.54, 1.807) is 42.5 Å². The third-order valence-electron chi connectivity index (χ3n) is 5.39. The number of aliphatic hydroxyl groups is 1. The van der Waals surface area contributed by atoms with E-state index < -0.39 is 12.1 Å². The molecule has 2 N–H and O–H groups in total. The lowest BCUT2D eigenvalue weighted by Crippen LogP contribution is -2.51. The highest BCUT2D eigenvalue weighted by Gasteiger charge is 2.37. The van der Waals surface area contributed by atoms with Gasteiger partial charge in [-0.3, -0.25) is 9.59 Å². The highest BCUT2D eigenvalue weighted by molar-refractivity contribution is 6.30. The maximum absolute atomic E-state index is 13.6. The maximum Gasteiger partial charge on any atom is 0.268 e. The van der Waals surface area contributed by atoms with Crippen LogP contribution in [0.15, 0.2) is 48.5 Å². The molecule has 1 aliphatic rings. The Morgan fingerprint density at radius 3 is 2.52 bits per heavy atom. The van der Waals surface area contributed by atoms with Gasteiger partial charge in [0.1, 0.15) is 12.6 Å². The molecule has 0 fully saturated rings. The summed E-state index contributed by atoms with van der Waals surface area (Å²) < 4.78 is 11.6. The summed E-state index contributed by atoms with van der Waals surface area (Å²) in [5, 5.41) is 12.9. The quantitative estimate of drug-likeness (QED) is 0.549. The molecule has 0 spiro atoms. The van der Waals surface area contributed by atoms with E-state index in [1.807, 2.05) is 6.07 Å². The second-order valence-corrected chi connectivity index (χ2v) is 8.84. The average Bonchev–Trinajstić information content (AvgIpc) is 2.81. The number of nitrogens with zero attached hydrogens (tertiary/aromatic N) is 1. The molecular formula is C25H31ClN2O5. The fourth-order valence-electron chi connectivity index (χ4n) is 3.63. The Morgan fingerprint density at radius 1 is 1.15 bits per heavy atom. The first-order valence-corrected chi connectivity index (χ1v) is 11.6. The van der Waals surface area contributed by atoms with Gasteiger partial charge in [0.05, 0.1) is 0 Å². The second kappa shape index (κ2) is 11.9. The molecule has 3 rings (SSSR count). The molecule has 2 aromatic rings. The molecule has 0 saturated heterocycles. The summed E-state index contributed by atoms with van der Waals surface area (Å²) in [5.74, 6) is 0.815. The van der Waals surface area contributed by atoms with Crippen LogP contribution in [-0.2, 0) is 9.59 Å². The highest BCUT2D eigenvalue weighted by Crippen LogP contribution is 2.32. The topological polar surface area (TPSA) is 88.1 Å². The zero-order valence-electron chi connectivity index (χ0n) is 19.0. The van der Waals surface area contributed by atoms with Crippen molar-refractivity contribution in [3.63, 3.8) is 0 Å². The molecule has 0 unspecified atom stereocenters. The molecule has 8 heteroatoms. The molecule has 33 heavy (non-hydrogen) atoms. The minimum atomic E-state index is -0.906. The fourth-order valence-corrected chi connectivity index (χ4v) is 3.76. The van der Waals surface area contributed by atoms with Crippen molar-refractivity contribution in [1.29, 1.82) is 0 Å². The first-order chi connectivity index (χ1) is 15.9. The Hall–Kier alpha value is -2.77. The van der Waals surface area contributed by atoms with Gasteiger partial charge in [0.2, 0.25) is 12.0 Å². The molecule has 2 atom stereocenters. The van der Waals surface area contributed by atoms with E-state index in [0.29, 0.717) is 41.0 Å². The number of amides is 2. The number of aliphatic hydroxyl groups excluding tert-OH is 1. The Bertz CT molecular complexity index is 935. The van der Waals surface area contributed by atoms with Crippen LogP contribution in [-0.4, -0.2) is 54.2 Å². The fraction of sp³-hybridized carbons (Fsp3) is 0.440. The lowest BCUT2D eigenvalue weighted by Gasteiger charge is -2.35. The van der Waals surface area contributed by atoms with Crippen molar-refractivity contribution in [2.45, 2.75) is 38.8 Å². The molecule has 1 aliphatic heterocycles. The van der Waals surface area contributed by atoms with Crippen molar-refractivity contribution < 1.29 is 24.2 Å².